The van der Waals surface area contributed by atoms with Gasteiger partial charge >= 0.3 is 0 Å². The van der Waals surface area contributed by atoms with Crippen LogP contribution in [0.15, 0.2) is 9.70 Å². The van der Waals surface area contributed by atoms with Gasteiger partial charge < -0.3 is 4.90 Å². The Balaban J connectivity index is 1.85. The quantitative estimate of drug-likeness (QED) is 0.396. The standard InChI is InChI=1S/C26H34N4O2S2/c1-4-5-12-29-23(28-13-10-17(2)11-14-28)20(18(3)21(16-27)24(29)31)15-22-25(32)30(26(33)34-22)19-8-6-7-9-19/h15,17,19H,4-14H2,1-3H3. The average molecular weight is 499 g/mol. The van der Waals surface area contributed by atoms with Crippen molar-refractivity contribution >= 4 is 46.1 Å². The number of amides is 1. The van der Waals surface area contributed by atoms with E-state index in [4.69, 9.17) is 12.2 Å². The Kier molecular flexibility index (Phi) is 7.83. The third-order valence-electron chi connectivity index (χ3n) is 7.45. The number of pyridine rings is 1. The molecule has 2 saturated heterocycles. The van der Waals surface area contributed by atoms with Crippen LogP contribution in [0, 0.1) is 24.2 Å². The number of aromatic nitrogens is 1. The summed E-state index contributed by atoms with van der Waals surface area (Å²) in [6.07, 6.45) is 10.1. The summed E-state index contributed by atoms with van der Waals surface area (Å²) in [6, 6.07) is 2.34. The number of hydrogen-bond donors (Lipinski definition) is 0. The first-order valence-electron chi connectivity index (χ1n) is 12.6. The molecule has 1 aliphatic carbocycles. The number of thioether (sulfide) groups is 1. The lowest BCUT2D eigenvalue weighted by Gasteiger charge is -2.35. The van der Waals surface area contributed by atoms with E-state index in [0.29, 0.717) is 27.3 Å². The highest BCUT2D eigenvalue weighted by atomic mass is 32.2. The van der Waals surface area contributed by atoms with Crippen molar-refractivity contribution in [2.75, 3.05) is 18.0 Å². The smallest absolute Gasteiger partial charge is 0.270 e. The molecule has 0 spiro atoms. The zero-order valence-electron chi connectivity index (χ0n) is 20.4. The van der Waals surface area contributed by atoms with Gasteiger partial charge in [0.2, 0.25) is 0 Å². The zero-order valence-corrected chi connectivity index (χ0v) is 22.1. The molecule has 182 valence electrons. The van der Waals surface area contributed by atoms with E-state index in [1.807, 2.05) is 13.0 Å². The molecule has 1 aromatic rings. The molecule has 6 nitrogen and oxygen atoms in total. The van der Waals surface area contributed by atoms with E-state index >= 15 is 0 Å². The predicted octanol–water partition coefficient (Wildman–Crippen LogP) is 5.21. The van der Waals surface area contributed by atoms with Crippen LogP contribution >= 0.6 is 24.0 Å². The molecule has 0 radical (unpaired) electrons. The summed E-state index contributed by atoms with van der Waals surface area (Å²) in [7, 11) is 0. The third kappa shape index (κ3) is 4.70. The molecule has 34 heavy (non-hydrogen) atoms. The van der Waals surface area contributed by atoms with Gasteiger partial charge in [0.15, 0.2) is 0 Å². The molecule has 1 aromatic heterocycles. The fourth-order valence-corrected chi connectivity index (χ4v) is 6.70. The summed E-state index contributed by atoms with van der Waals surface area (Å²) in [5.41, 5.74) is 1.41. The van der Waals surface area contributed by atoms with Crippen LogP contribution in [-0.4, -0.2) is 38.8 Å². The van der Waals surface area contributed by atoms with Crippen LogP contribution in [0.2, 0.25) is 0 Å². The van der Waals surface area contributed by atoms with Crippen LogP contribution in [0.3, 0.4) is 0 Å². The second kappa shape index (κ2) is 10.7. The largest absolute Gasteiger partial charge is 0.357 e. The van der Waals surface area contributed by atoms with E-state index in [1.54, 1.807) is 9.47 Å². The van der Waals surface area contributed by atoms with Gasteiger partial charge in [0.1, 0.15) is 21.8 Å². The summed E-state index contributed by atoms with van der Waals surface area (Å²) >= 11 is 6.96. The number of carbonyl (C=O) groups is 1. The SMILES string of the molecule is CCCCn1c(N2CCC(C)CC2)c(C=C2SC(=S)N(C3CCCC3)C2=O)c(C)c(C#N)c1=O. The molecular weight excluding hydrogens is 464 g/mol. The lowest BCUT2D eigenvalue weighted by Crippen LogP contribution is -2.39. The minimum absolute atomic E-state index is 0.0377. The molecule has 0 unspecified atom stereocenters. The van der Waals surface area contributed by atoms with Crippen LogP contribution in [0.5, 0.6) is 0 Å². The average Bonchev–Trinajstić information content (AvgIpc) is 3.43. The van der Waals surface area contributed by atoms with E-state index in [0.717, 1.165) is 75.8 Å². The van der Waals surface area contributed by atoms with Gasteiger partial charge in [-0.1, -0.05) is 57.1 Å². The van der Waals surface area contributed by atoms with Gasteiger partial charge in [0.05, 0.1) is 4.91 Å². The Bertz CT molecular complexity index is 1100. The Morgan fingerprint density at radius 1 is 1.18 bits per heavy atom. The Morgan fingerprint density at radius 3 is 2.47 bits per heavy atom. The topological polar surface area (TPSA) is 69.3 Å². The first-order valence-corrected chi connectivity index (χ1v) is 13.8. The normalized spacial score (nSPS) is 21.2. The molecule has 3 aliphatic rings. The number of nitrogens with zero attached hydrogens (tertiary/aromatic N) is 4. The van der Waals surface area contributed by atoms with E-state index in [1.165, 1.54) is 11.8 Å². The minimum Gasteiger partial charge on any atom is -0.357 e. The number of hydrogen-bond acceptors (Lipinski definition) is 6. The Hall–Kier alpha value is -2.11. The molecule has 3 heterocycles. The third-order valence-corrected chi connectivity index (χ3v) is 8.78. The molecule has 0 aromatic carbocycles. The van der Waals surface area contributed by atoms with Crippen molar-refractivity contribution in [1.82, 2.24) is 9.47 Å². The van der Waals surface area contributed by atoms with Gasteiger partial charge in [-0.2, -0.15) is 5.26 Å². The number of unbranched alkanes of at least 4 members (excludes halogenated alkanes) is 1. The molecule has 1 amide bonds. The summed E-state index contributed by atoms with van der Waals surface area (Å²) < 4.78 is 2.41. The summed E-state index contributed by atoms with van der Waals surface area (Å²) in [5, 5.41) is 9.85. The molecule has 3 fully saturated rings. The fourth-order valence-electron chi connectivity index (χ4n) is 5.32. The Labute approximate surface area is 212 Å². The molecule has 2 aliphatic heterocycles. The van der Waals surface area contributed by atoms with E-state index < -0.39 is 0 Å². The highest BCUT2D eigenvalue weighted by Crippen LogP contribution is 2.40. The monoisotopic (exact) mass is 498 g/mol. The van der Waals surface area contributed by atoms with Gasteiger partial charge in [-0.05, 0) is 56.6 Å². The second-order valence-electron chi connectivity index (χ2n) is 9.82. The first-order chi connectivity index (χ1) is 16.4. The van der Waals surface area contributed by atoms with E-state index in [2.05, 4.69) is 24.8 Å². The molecule has 8 heteroatoms. The predicted molar refractivity (Wildman–Crippen MR) is 143 cm³/mol. The maximum atomic E-state index is 13.4. The van der Waals surface area contributed by atoms with Gasteiger partial charge in [-0.25, -0.2) is 0 Å². The number of anilines is 1. The van der Waals surface area contributed by atoms with Crippen LogP contribution in [0.1, 0.15) is 81.9 Å². The number of rotatable bonds is 6. The Morgan fingerprint density at radius 2 is 1.85 bits per heavy atom. The van der Waals surface area contributed by atoms with Crippen molar-refractivity contribution in [3.05, 3.63) is 31.9 Å². The number of piperidine rings is 1. The van der Waals surface area contributed by atoms with E-state index in [9.17, 15) is 14.9 Å². The number of nitriles is 1. The minimum atomic E-state index is -0.224. The fraction of sp³-hybridized carbons (Fsp3) is 0.615. The highest BCUT2D eigenvalue weighted by molar-refractivity contribution is 8.26. The number of carbonyl (C=O) groups excluding carboxylic acids is 1. The zero-order chi connectivity index (χ0) is 24.4. The van der Waals surface area contributed by atoms with Crippen LogP contribution in [0.25, 0.3) is 6.08 Å². The van der Waals surface area contributed by atoms with Gasteiger partial charge in [0.25, 0.3) is 11.5 Å². The maximum Gasteiger partial charge on any atom is 0.270 e. The molecule has 0 bridgehead atoms. The molecule has 0 atom stereocenters. The van der Waals surface area contributed by atoms with Crippen molar-refractivity contribution in [2.45, 2.75) is 84.7 Å². The molecule has 1 saturated carbocycles. The second-order valence-corrected chi connectivity index (χ2v) is 11.5. The van der Waals surface area contributed by atoms with Crippen molar-refractivity contribution in [3.8, 4) is 6.07 Å². The summed E-state index contributed by atoms with van der Waals surface area (Å²) in [6.45, 7) is 8.49. The van der Waals surface area contributed by atoms with E-state index in [-0.39, 0.29) is 23.1 Å². The van der Waals surface area contributed by atoms with Crippen molar-refractivity contribution in [2.24, 2.45) is 5.92 Å². The molecule has 4 rings (SSSR count). The summed E-state index contributed by atoms with van der Waals surface area (Å²) in [5.74, 6) is 1.47. The van der Waals surface area contributed by atoms with Crippen molar-refractivity contribution < 1.29 is 4.79 Å². The molecular formula is C26H34N4O2S2. The van der Waals surface area contributed by atoms with Crippen LogP contribution in [0.4, 0.5) is 5.82 Å². The maximum absolute atomic E-state index is 13.4. The van der Waals surface area contributed by atoms with Gasteiger partial charge in [-0.15, -0.1) is 0 Å². The first kappa shape index (κ1) is 25.0. The van der Waals surface area contributed by atoms with Crippen molar-refractivity contribution in [3.63, 3.8) is 0 Å². The number of thiocarbonyl (C=S) groups is 1. The van der Waals surface area contributed by atoms with Gasteiger partial charge in [-0.3, -0.25) is 19.1 Å². The summed E-state index contributed by atoms with van der Waals surface area (Å²) in [4.78, 5) is 31.5. The van der Waals surface area contributed by atoms with Crippen molar-refractivity contribution in [1.29, 1.82) is 5.26 Å². The highest BCUT2D eigenvalue weighted by Gasteiger charge is 2.38. The van der Waals surface area contributed by atoms with Crippen LogP contribution < -0.4 is 10.5 Å². The van der Waals surface area contributed by atoms with Gasteiger partial charge in [0, 0.05) is 31.2 Å². The molecule has 0 N–H and O–H groups in total. The lowest BCUT2D eigenvalue weighted by molar-refractivity contribution is -0.123. The van der Waals surface area contributed by atoms with Crippen LogP contribution in [-0.2, 0) is 11.3 Å². The lowest BCUT2D eigenvalue weighted by atomic mass is 9.97.